The Bertz CT molecular complexity index is 1190. The summed E-state index contributed by atoms with van der Waals surface area (Å²) < 4.78 is 25.7. The predicted molar refractivity (Wildman–Crippen MR) is 131 cm³/mol. The number of aryl methyl sites for hydroxylation is 2. The lowest BCUT2D eigenvalue weighted by Gasteiger charge is -2.33. The fourth-order valence-electron chi connectivity index (χ4n) is 4.81. The van der Waals surface area contributed by atoms with Crippen LogP contribution in [0.3, 0.4) is 0 Å². The maximum Gasteiger partial charge on any atom is 0.263 e. The van der Waals surface area contributed by atoms with Gasteiger partial charge >= 0.3 is 0 Å². The average molecular weight is 498 g/mol. The third-order valence-electron chi connectivity index (χ3n) is 6.64. The summed E-state index contributed by atoms with van der Waals surface area (Å²) in [4.78, 5) is 35.1. The summed E-state index contributed by atoms with van der Waals surface area (Å²) in [5.41, 5.74) is 1.17. The Morgan fingerprint density at radius 2 is 2.06 bits per heavy atom. The van der Waals surface area contributed by atoms with Crippen molar-refractivity contribution in [2.75, 3.05) is 17.3 Å². The summed E-state index contributed by atoms with van der Waals surface area (Å²) in [5.74, 6) is 0.234. The van der Waals surface area contributed by atoms with E-state index in [1.807, 2.05) is 20.8 Å². The molecule has 2 aromatic heterocycles. The van der Waals surface area contributed by atoms with Crippen molar-refractivity contribution in [2.45, 2.75) is 83.1 Å². The number of aromatic nitrogens is 2. The first kappa shape index (κ1) is 23.8. The van der Waals surface area contributed by atoms with Crippen LogP contribution in [0.5, 0.6) is 0 Å². The van der Waals surface area contributed by atoms with Crippen molar-refractivity contribution in [3.63, 3.8) is 0 Å². The highest BCUT2D eigenvalue weighted by Gasteiger charge is 2.36. The number of rotatable bonds is 7. The molecule has 0 aromatic carbocycles. The maximum absolute atomic E-state index is 13.3. The number of nitrogens with zero attached hydrogens (tertiary/aromatic N) is 3. The van der Waals surface area contributed by atoms with Crippen LogP contribution in [0.2, 0.25) is 0 Å². The van der Waals surface area contributed by atoms with Gasteiger partial charge in [-0.3, -0.25) is 14.2 Å². The molecule has 4 rings (SSSR count). The fourth-order valence-corrected chi connectivity index (χ4v) is 8.76. The van der Waals surface area contributed by atoms with Crippen molar-refractivity contribution in [3.8, 4) is 0 Å². The Kier molecular flexibility index (Phi) is 7.03. The summed E-state index contributed by atoms with van der Waals surface area (Å²) in [5, 5.41) is 1.33. The molecule has 176 valence electrons. The molecule has 2 aliphatic rings. The van der Waals surface area contributed by atoms with E-state index in [0.717, 1.165) is 42.3 Å². The summed E-state index contributed by atoms with van der Waals surface area (Å²) in [6.45, 7) is 6.40. The summed E-state index contributed by atoms with van der Waals surface area (Å²) in [7, 11) is -3.08. The number of hydrogen-bond acceptors (Lipinski definition) is 7. The van der Waals surface area contributed by atoms with Gasteiger partial charge < -0.3 is 4.90 Å². The van der Waals surface area contributed by atoms with Crippen molar-refractivity contribution in [3.05, 3.63) is 20.8 Å². The lowest BCUT2D eigenvalue weighted by atomic mass is 9.97. The van der Waals surface area contributed by atoms with Crippen LogP contribution in [-0.2, 0) is 34.0 Å². The number of carbonyl (C=O) groups is 1. The third-order valence-corrected chi connectivity index (χ3v) is 10.5. The van der Waals surface area contributed by atoms with Crippen molar-refractivity contribution < 1.29 is 13.2 Å². The van der Waals surface area contributed by atoms with Crippen LogP contribution < -0.4 is 5.56 Å². The molecule has 0 unspecified atom stereocenters. The van der Waals surface area contributed by atoms with Gasteiger partial charge in [0.15, 0.2) is 15.0 Å². The second-order valence-corrected chi connectivity index (χ2v) is 13.0. The molecule has 1 aliphatic carbocycles. The molecule has 3 heterocycles. The number of hydrogen-bond donors (Lipinski definition) is 0. The topological polar surface area (TPSA) is 89.3 Å². The van der Waals surface area contributed by atoms with E-state index in [1.54, 1.807) is 20.8 Å². The van der Waals surface area contributed by atoms with E-state index in [0.29, 0.717) is 18.1 Å². The quantitative estimate of drug-likeness (QED) is 0.431. The Morgan fingerprint density at radius 3 is 2.72 bits per heavy atom. The number of amides is 1. The first-order chi connectivity index (χ1) is 15.3. The standard InChI is InChI=1S/C22H31N3O4S3/c1-4-14(3)25(15-10-11-32(28,29)13-15)18(26)12-30-22-23-20-19(21(27)24(22)5-2)16-8-6-7-9-17(16)31-20/h14-15H,4-13H2,1-3H3/t14-,15-/m1/s1. The van der Waals surface area contributed by atoms with Crippen LogP contribution in [0.15, 0.2) is 9.95 Å². The zero-order valence-corrected chi connectivity index (χ0v) is 21.4. The van der Waals surface area contributed by atoms with Gasteiger partial charge in [-0.1, -0.05) is 18.7 Å². The van der Waals surface area contributed by atoms with E-state index in [-0.39, 0.29) is 40.8 Å². The molecule has 0 radical (unpaired) electrons. The van der Waals surface area contributed by atoms with Crippen LogP contribution >= 0.6 is 23.1 Å². The highest BCUT2D eigenvalue weighted by atomic mass is 32.2. The third kappa shape index (κ3) is 4.50. The fraction of sp³-hybridized carbons (Fsp3) is 0.682. The monoisotopic (exact) mass is 497 g/mol. The molecule has 1 aliphatic heterocycles. The van der Waals surface area contributed by atoms with Gasteiger partial charge in [0.2, 0.25) is 5.91 Å². The van der Waals surface area contributed by atoms with Gasteiger partial charge in [0, 0.05) is 23.5 Å². The largest absolute Gasteiger partial charge is 0.335 e. The molecule has 32 heavy (non-hydrogen) atoms. The minimum atomic E-state index is -3.08. The summed E-state index contributed by atoms with van der Waals surface area (Å²) in [6.07, 6.45) is 5.47. The van der Waals surface area contributed by atoms with E-state index >= 15 is 0 Å². The number of thiophene rings is 1. The van der Waals surface area contributed by atoms with Crippen LogP contribution in [0.25, 0.3) is 10.2 Å². The second-order valence-electron chi connectivity index (χ2n) is 8.74. The van der Waals surface area contributed by atoms with Gasteiger partial charge in [0.25, 0.3) is 5.56 Å². The predicted octanol–water partition coefficient (Wildman–Crippen LogP) is 3.26. The molecule has 0 spiro atoms. The summed E-state index contributed by atoms with van der Waals surface area (Å²) in [6, 6.07) is -0.301. The molecule has 2 aromatic rings. The van der Waals surface area contributed by atoms with Crippen molar-refractivity contribution >= 4 is 49.1 Å². The van der Waals surface area contributed by atoms with Gasteiger partial charge in [-0.25, -0.2) is 13.4 Å². The van der Waals surface area contributed by atoms with E-state index in [9.17, 15) is 18.0 Å². The highest BCUT2D eigenvalue weighted by Crippen LogP contribution is 2.35. The van der Waals surface area contributed by atoms with Gasteiger partial charge in [-0.2, -0.15) is 0 Å². The SMILES string of the molecule is CC[C@@H](C)N(C(=O)CSc1nc2sc3c(c2c(=O)n1CC)CCCC3)[C@@H]1CCS(=O)(=O)C1. The van der Waals surface area contributed by atoms with Gasteiger partial charge in [-0.15, -0.1) is 11.3 Å². The second kappa shape index (κ2) is 9.46. The number of sulfone groups is 1. The Balaban J connectivity index is 1.60. The zero-order valence-electron chi connectivity index (χ0n) is 18.9. The van der Waals surface area contributed by atoms with E-state index in [4.69, 9.17) is 4.98 Å². The van der Waals surface area contributed by atoms with Gasteiger partial charge in [0.05, 0.1) is 22.6 Å². The van der Waals surface area contributed by atoms with E-state index < -0.39 is 9.84 Å². The minimum Gasteiger partial charge on any atom is -0.335 e. The van der Waals surface area contributed by atoms with E-state index in [2.05, 4.69) is 0 Å². The molecule has 1 fully saturated rings. The lowest BCUT2D eigenvalue weighted by molar-refractivity contribution is -0.132. The highest BCUT2D eigenvalue weighted by molar-refractivity contribution is 7.99. The zero-order chi connectivity index (χ0) is 23.0. The Labute approximate surface area is 197 Å². The number of thioether (sulfide) groups is 1. The normalized spacial score (nSPS) is 20.9. The summed E-state index contributed by atoms with van der Waals surface area (Å²) >= 11 is 2.90. The molecule has 0 bridgehead atoms. The first-order valence-electron chi connectivity index (χ1n) is 11.4. The van der Waals surface area contributed by atoms with Gasteiger partial charge in [-0.05, 0) is 57.9 Å². The molecule has 1 amide bonds. The minimum absolute atomic E-state index is 0.00693. The average Bonchev–Trinajstić information content (AvgIpc) is 3.31. The molecule has 1 saturated heterocycles. The molecular weight excluding hydrogens is 466 g/mol. The van der Waals surface area contributed by atoms with Gasteiger partial charge in [0.1, 0.15) is 4.83 Å². The maximum atomic E-state index is 13.3. The Morgan fingerprint density at radius 1 is 1.31 bits per heavy atom. The van der Waals surface area contributed by atoms with Crippen LogP contribution in [0.1, 0.15) is 56.9 Å². The molecule has 10 heteroatoms. The van der Waals surface area contributed by atoms with Crippen molar-refractivity contribution in [1.82, 2.24) is 14.5 Å². The molecule has 0 N–H and O–H groups in total. The first-order valence-corrected chi connectivity index (χ1v) is 15.1. The number of carbonyl (C=O) groups excluding carboxylic acids is 1. The smallest absolute Gasteiger partial charge is 0.263 e. The number of fused-ring (bicyclic) bond motifs is 3. The van der Waals surface area contributed by atoms with Crippen LogP contribution in [0, 0.1) is 0 Å². The Hall–Kier alpha value is -1.39. The van der Waals surface area contributed by atoms with Crippen molar-refractivity contribution in [1.29, 1.82) is 0 Å². The molecular formula is C22H31N3O4S3. The van der Waals surface area contributed by atoms with Crippen LogP contribution in [0.4, 0.5) is 0 Å². The molecule has 7 nitrogen and oxygen atoms in total. The lowest BCUT2D eigenvalue weighted by Crippen LogP contribution is -2.47. The van der Waals surface area contributed by atoms with Crippen LogP contribution in [-0.4, -0.2) is 58.1 Å². The van der Waals surface area contributed by atoms with Crippen molar-refractivity contribution in [2.24, 2.45) is 0 Å². The molecule has 0 saturated carbocycles. The van der Waals surface area contributed by atoms with E-state index in [1.165, 1.54) is 22.2 Å². The molecule has 2 atom stereocenters.